The van der Waals surface area contributed by atoms with Gasteiger partial charge >= 0.3 is 6.18 Å². The second kappa shape index (κ2) is 7.22. The summed E-state index contributed by atoms with van der Waals surface area (Å²) < 4.78 is 77.7. The van der Waals surface area contributed by atoms with Crippen molar-refractivity contribution >= 4 is 31.7 Å². The number of nitrogens with zero attached hydrogens (tertiary/aromatic N) is 1. The number of sulfone groups is 1. The molecular weight excluding hydrogens is 430 g/mol. The fraction of sp³-hybridized carbons (Fsp3) is 0.533. The molecule has 1 aliphatic rings. The summed E-state index contributed by atoms with van der Waals surface area (Å²) in [5.74, 6) is -3.21. The molecule has 1 amide bonds. The first-order chi connectivity index (χ1) is 11.4. The molecule has 0 saturated carbocycles. The summed E-state index contributed by atoms with van der Waals surface area (Å²) in [4.78, 5) is 12.9. The van der Waals surface area contributed by atoms with Gasteiger partial charge in [0.1, 0.15) is 15.7 Å². The summed E-state index contributed by atoms with van der Waals surface area (Å²) in [6, 6.07) is 0.709. The molecule has 10 heteroatoms. The summed E-state index contributed by atoms with van der Waals surface area (Å²) in [5.41, 5.74) is -0.657. The summed E-state index contributed by atoms with van der Waals surface area (Å²) in [7, 11) is -2.28. The Balaban J connectivity index is 2.30. The van der Waals surface area contributed by atoms with Gasteiger partial charge in [0.2, 0.25) is 5.91 Å². The lowest BCUT2D eigenvalue weighted by Crippen LogP contribution is -2.44. The third-order valence-electron chi connectivity index (χ3n) is 4.21. The van der Waals surface area contributed by atoms with E-state index in [4.69, 9.17) is 0 Å². The molecular formula is C15H16BrF4NO3S. The smallest absolute Gasteiger partial charge is 0.330 e. The highest BCUT2D eigenvalue weighted by Gasteiger charge is 2.47. The fourth-order valence-corrected chi connectivity index (χ4v) is 4.70. The number of hydrogen-bond acceptors (Lipinski definition) is 3. The normalized spacial score (nSPS) is 19.4. The Morgan fingerprint density at radius 2 is 1.84 bits per heavy atom. The number of rotatable bonds is 3. The molecule has 1 aromatic carbocycles. The molecule has 1 fully saturated rings. The third kappa shape index (κ3) is 4.72. The maximum absolute atomic E-state index is 14.1. The molecule has 140 valence electrons. The molecule has 25 heavy (non-hydrogen) atoms. The Labute approximate surface area is 151 Å². The Morgan fingerprint density at radius 1 is 1.28 bits per heavy atom. The van der Waals surface area contributed by atoms with Gasteiger partial charge in [0.15, 0.2) is 6.04 Å². The van der Waals surface area contributed by atoms with Crippen LogP contribution in [0.2, 0.25) is 0 Å². The Morgan fingerprint density at radius 3 is 2.32 bits per heavy atom. The van der Waals surface area contributed by atoms with Gasteiger partial charge in [0, 0.05) is 23.0 Å². The second-order valence-electron chi connectivity index (χ2n) is 5.99. The first-order valence-electron chi connectivity index (χ1n) is 7.41. The van der Waals surface area contributed by atoms with Gasteiger partial charge in [0.25, 0.3) is 0 Å². The van der Waals surface area contributed by atoms with Gasteiger partial charge in [-0.3, -0.25) is 4.79 Å². The van der Waals surface area contributed by atoms with E-state index in [1.54, 1.807) is 0 Å². The molecule has 0 radical (unpaired) electrons. The molecule has 0 N–H and O–H groups in total. The molecule has 0 unspecified atom stereocenters. The predicted octanol–water partition coefficient (Wildman–Crippen LogP) is 3.47. The quantitative estimate of drug-likeness (QED) is 0.669. The monoisotopic (exact) mass is 445 g/mol. The zero-order valence-electron chi connectivity index (χ0n) is 13.2. The highest BCUT2D eigenvalue weighted by Crippen LogP contribution is 2.40. The summed E-state index contributed by atoms with van der Waals surface area (Å²) >= 11 is 2.98. The zero-order valence-corrected chi connectivity index (χ0v) is 15.6. The van der Waals surface area contributed by atoms with Gasteiger partial charge in [-0.15, -0.1) is 0 Å². The minimum absolute atomic E-state index is 0.0289. The number of carbonyl (C=O) groups excluding carboxylic acids is 1. The number of halogens is 5. The van der Waals surface area contributed by atoms with Crippen molar-refractivity contribution in [3.63, 3.8) is 0 Å². The van der Waals surface area contributed by atoms with E-state index in [1.165, 1.54) is 6.07 Å². The van der Waals surface area contributed by atoms with Gasteiger partial charge in [0.05, 0.1) is 11.5 Å². The average Bonchev–Trinajstić information content (AvgIpc) is 2.47. The number of amides is 1. The van der Waals surface area contributed by atoms with E-state index in [1.807, 2.05) is 0 Å². The summed E-state index contributed by atoms with van der Waals surface area (Å²) in [6.45, 7) is 0. The lowest BCUT2D eigenvalue weighted by molar-refractivity contribution is -0.191. The van der Waals surface area contributed by atoms with Crippen LogP contribution in [0, 0.1) is 11.7 Å². The van der Waals surface area contributed by atoms with Gasteiger partial charge < -0.3 is 4.90 Å². The van der Waals surface area contributed by atoms with Crippen LogP contribution in [-0.2, 0) is 14.6 Å². The molecule has 1 heterocycles. The van der Waals surface area contributed by atoms with Crippen LogP contribution in [-0.4, -0.2) is 44.0 Å². The van der Waals surface area contributed by atoms with Crippen LogP contribution in [0.4, 0.5) is 17.6 Å². The molecule has 4 nitrogen and oxygen atoms in total. The largest absolute Gasteiger partial charge is 0.413 e. The highest BCUT2D eigenvalue weighted by molar-refractivity contribution is 9.10. The van der Waals surface area contributed by atoms with E-state index in [-0.39, 0.29) is 28.8 Å². The van der Waals surface area contributed by atoms with Crippen molar-refractivity contribution in [2.24, 2.45) is 5.92 Å². The van der Waals surface area contributed by atoms with Gasteiger partial charge in [-0.2, -0.15) is 13.2 Å². The Hall–Kier alpha value is -1.16. The number of carbonyl (C=O) groups is 1. The maximum Gasteiger partial charge on any atom is 0.413 e. The molecule has 1 atom stereocenters. The van der Waals surface area contributed by atoms with Crippen molar-refractivity contribution in [1.29, 1.82) is 0 Å². The van der Waals surface area contributed by atoms with Crippen molar-refractivity contribution in [2.45, 2.75) is 25.1 Å². The molecule has 1 aromatic rings. The minimum Gasteiger partial charge on any atom is -0.330 e. The van der Waals surface area contributed by atoms with Crippen molar-refractivity contribution in [3.05, 3.63) is 34.1 Å². The number of hydrogen-bond donors (Lipinski definition) is 0. The highest BCUT2D eigenvalue weighted by atomic mass is 79.9. The van der Waals surface area contributed by atoms with Crippen molar-refractivity contribution in [2.75, 3.05) is 18.6 Å². The van der Waals surface area contributed by atoms with Crippen LogP contribution in [0.25, 0.3) is 0 Å². The van der Waals surface area contributed by atoms with Crippen LogP contribution in [0.3, 0.4) is 0 Å². The van der Waals surface area contributed by atoms with Crippen LogP contribution in [0.1, 0.15) is 24.4 Å². The number of alkyl halides is 3. The molecule has 2 rings (SSSR count). The third-order valence-corrected chi connectivity index (χ3v) is 6.41. The standard InChI is InChI=1S/C15H16BrF4NO3S/c1-21(14(22)9-4-6-25(23,24)7-5-9)13(15(18,19)20)11-3-2-10(16)8-12(11)17/h2-3,8-9,13H,4-7H2,1H3/t13-/m0/s1. The van der Waals surface area contributed by atoms with E-state index >= 15 is 0 Å². The van der Waals surface area contributed by atoms with Crippen molar-refractivity contribution < 1.29 is 30.8 Å². The van der Waals surface area contributed by atoms with E-state index in [0.717, 1.165) is 19.2 Å². The zero-order chi connectivity index (χ0) is 19.0. The molecule has 1 saturated heterocycles. The van der Waals surface area contributed by atoms with Crippen molar-refractivity contribution in [3.8, 4) is 0 Å². The summed E-state index contributed by atoms with van der Waals surface area (Å²) in [5, 5.41) is 0. The predicted molar refractivity (Wildman–Crippen MR) is 87.0 cm³/mol. The minimum atomic E-state index is -4.88. The lowest BCUT2D eigenvalue weighted by Gasteiger charge is -2.34. The molecule has 0 bridgehead atoms. The number of benzene rings is 1. The molecule has 1 aliphatic heterocycles. The SMILES string of the molecule is CN(C(=O)C1CCS(=O)(=O)CC1)[C@@H](c1ccc(Br)cc1F)C(F)(F)F. The maximum atomic E-state index is 14.1. The van der Waals surface area contributed by atoms with Crippen molar-refractivity contribution in [1.82, 2.24) is 4.90 Å². The lowest BCUT2D eigenvalue weighted by atomic mass is 9.98. The van der Waals surface area contributed by atoms with E-state index in [0.29, 0.717) is 4.90 Å². The van der Waals surface area contributed by atoms with Gasteiger partial charge in [-0.05, 0) is 25.0 Å². The molecule has 0 aromatic heterocycles. The topological polar surface area (TPSA) is 54.5 Å². The van der Waals surface area contributed by atoms with Gasteiger partial charge in [-0.1, -0.05) is 22.0 Å². The Bertz CT molecular complexity index is 753. The van der Waals surface area contributed by atoms with E-state index in [2.05, 4.69) is 15.9 Å². The van der Waals surface area contributed by atoms with Crippen LogP contribution >= 0.6 is 15.9 Å². The molecule has 0 spiro atoms. The summed E-state index contributed by atoms with van der Waals surface area (Å²) in [6.07, 6.45) is -4.93. The average molecular weight is 446 g/mol. The fourth-order valence-electron chi connectivity index (χ4n) is 2.88. The first-order valence-corrected chi connectivity index (χ1v) is 10.0. The van der Waals surface area contributed by atoms with Crippen LogP contribution in [0.15, 0.2) is 22.7 Å². The van der Waals surface area contributed by atoms with Crippen LogP contribution in [0.5, 0.6) is 0 Å². The van der Waals surface area contributed by atoms with Gasteiger partial charge in [-0.25, -0.2) is 12.8 Å². The molecule has 0 aliphatic carbocycles. The van der Waals surface area contributed by atoms with E-state index < -0.39 is 45.3 Å². The Kier molecular flexibility index (Phi) is 5.82. The van der Waals surface area contributed by atoms with Crippen LogP contribution < -0.4 is 0 Å². The van der Waals surface area contributed by atoms with E-state index in [9.17, 15) is 30.8 Å². The second-order valence-corrected chi connectivity index (χ2v) is 9.20. The first kappa shape index (κ1) is 20.2.